The smallest absolute Gasteiger partial charge is 0.320 e. The number of carbonyl (C=O) groups excluding carboxylic acids is 6. The Labute approximate surface area is 647 Å². The van der Waals surface area contributed by atoms with E-state index < -0.39 is 81.6 Å². The van der Waals surface area contributed by atoms with E-state index in [0.717, 1.165) is 0 Å². The van der Waals surface area contributed by atoms with Crippen LogP contribution in [0.3, 0.4) is 0 Å². The minimum atomic E-state index is -0.925. The fourth-order valence-electron chi connectivity index (χ4n) is 11.6. The lowest BCUT2D eigenvalue weighted by Crippen LogP contribution is -2.51. The SMILES string of the molecule is CC(C)(C)OC(=O)CN1CCN(CC(=O)OC(C)(C)C)CCN(CC(O)CN(CCOCCOCCOCCO)CCN(CCOCCOCCOCCO)CC(O)CN2CCN(CC(=O)OC(C)(C)C)CCN(CC(=O)OC(C)(C)C)CCN(CC(=O)OC(C)(C)C)CC2)CCN(CC(=O)OC(C)(C)C)CC1. The normalized spacial score (nSPS) is 17.7. The number of ether oxygens (including phenoxy) is 12. The van der Waals surface area contributed by atoms with Crippen LogP contribution in [0, 0.1) is 0 Å². The number of rotatable bonds is 45. The van der Waals surface area contributed by atoms with Crippen molar-refractivity contribution in [2.45, 2.75) is 170 Å². The van der Waals surface area contributed by atoms with Gasteiger partial charge in [0, 0.05) is 157 Å². The molecule has 2 heterocycles. The number of esters is 6. The second kappa shape index (κ2) is 53.2. The van der Waals surface area contributed by atoms with Gasteiger partial charge < -0.3 is 77.3 Å². The maximum atomic E-state index is 13.6. The molecule has 0 aromatic carbocycles. The summed E-state index contributed by atoms with van der Waals surface area (Å²) in [6, 6.07) is 0. The molecule has 2 aliphatic rings. The first kappa shape index (κ1) is 100. The Morgan fingerprint density at radius 1 is 0.269 bits per heavy atom. The average molecular weight is 1550 g/mol. The third-order valence-electron chi connectivity index (χ3n) is 16.2. The van der Waals surface area contributed by atoms with Crippen LogP contribution in [-0.4, -0.2) is 440 Å². The lowest BCUT2D eigenvalue weighted by Gasteiger charge is -2.36. The molecule has 0 spiro atoms. The summed E-state index contributed by atoms with van der Waals surface area (Å²) in [5.74, 6) is -2.37. The Balaban J connectivity index is 2.66. The van der Waals surface area contributed by atoms with Crippen molar-refractivity contribution in [1.29, 1.82) is 0 Å². The Kier molecular flexibility index (Phi) is 49.3. The van der Waals surface area contributed by atoms with Crippen LogP contribution >= 0.6 is 0 Å². The van der Waals surface area contributed by atoms with Crippen molar-refractivity contribution in [3.63, 3.8) is 0 Å². The molecule has 4 N–H and O–H groups in total. The molecule has 2 rings (SSSR count). The van der Waals surface area contributed by atoms with Gasteiger partial charge >= 0.3 is 35.8 Å². The maximum Gasteiger partial charge on any atom is 0.320 e. The summed E-state index contributed by atoms with van der Waals surface area (Å²) in [5, 5.41) is 43.1. The summed E-state index contributed by atoms with van der Waals surface area (Å²) in [6.45, 7) is 45.0. The molecule has 2 aliphatic heterocycles. The van der Waals surface area contributed by atoms with E-state index in [1.54, 1.807) is 0 Å². The zero-order chi connectivity index (χ0) is 81.0. The van der Waals surface area contributed by atoms with Crippen LogP contribution < -0.4 is 0 Å². The second-order valence-electron chi connectivity index (χ2n) is 33.8. The monoisotopic (exact) mass is 1550 g/mol. The molecule has 108 heavy (non-hydrogen) atoms. The van der Waals surface area contributed by atoms with Gasteiger partial charge in [0.05, 0.1) is 144 Å². The first-order chi connectivity index (χ1) is 50.4. The molecule has 2 unspecified atom stereocenters. The molecule has 0 aromatic rings. The first-order valence-corrected chi connectivity index (χ1v) is 39.0. The fraction of sp³-hybridized carbons (Fsp3) is 0.921. The number of aliphatic hydroxyl groups is 4. The van der Waals surface area contributed by atoms with Gasteiger partial charge in [-0.15, -0.1) is 0 Å². The van der Waals surface area contributed by atoms with Crippen LogP contribution in [-0.2, 0) is 85.6 Å². The van der Waals surface area contributed by atoms with Crippen LogP contribution in [0.2, 0.25) is 0 Å². The maximum absolute atomic E-state index is 13.6. The molecule has 2 fully saturated rings. The number of aliphatic hydroxyl groups excluding tert-OH is 4. The molecular weight excluding hydrogens is 1400 g/mol. The summed E-state index contributed by atoms with van der Waals surface area (Å²) in [5.41, 5.74) is -4.33. The van der Waals surface area contributed by atoms with Crippen molar-refractivity contribution in [3.8, 4) is 0 Å². The summed E-state index contributed by atoms with van der Waals surface area (Å²) < 4.78 is 69.1. The van der Waals surface area contributed by atoms with Crippen molar-refractivity contribution >= 4 is 35.8 Å². The molecule has 2 saturated heterocycles. The van der Waals surface area contributed by atoms with Gasteiger partial charge in [0.25, 0.3) is 0 Å². The van der Waals surface area contributed by atoms with Gasteiger partial charge in [0.1, 0.15) is 33.6 Å². The third-order valence-corrected chi connectivity index (χ3v) is 16.2. The summed E-state index contributed by atoms with van der Waals surface area (Å²) in [6.07, 6.45) is -1.85. The summed E-state index contributed by atoms with van der Waals surface area (Å²) in [4.78, 5) is 101. The van der Waals surface area contributed by atoms with Gasteiger partial charge in [-0.25, -0.2) is 0 Å². The van der Waals surface area contributed by atoms with E-state index in [-0.39, 0.29) is 118 Å². The quantitative estimate of drug-likeness (QED) is 0.0374. The second-order valence-corrected chi connectivity index (χ2v) is 33.8. The van der Waals surface area contributed by atoms with Crippen LogP contribution in [0.25, 0.3) is 0 Å². The van der Waals surface area contributed by atoms with Crippen LogP contribution in [0.15, 0.2) is 0 Å². The van der Waals surface area contributed by atoms with Crippen molar-refractivity contribution in [2.24, 2.45) is 0 Å². The van der Waals surface area contributed by atoms with E-state index in [0.29, 0.717) is 171 Å². The highest BCUT2D eigenvalue weighted by atomic mass is 16.6. The van der Waals surface area contributed by atoms with Crippen LogP contribution in [0.4, 0.5) is 0 Å². The van der Waals surface area contributed by atoms with Crippen molar-refractivity contribution in [2.75, 3.05) is 289 Å². The molecule has 0 aliphatic carbocycles. The van der Waals surface area contributed by atoms with Gasteiger partial charge in [-0.2, -0.15) is 0 Å². The predicted molar refractivity (Wildman–Crippen MR) is 411 cm³/mol. The van der Waals surface area contributed by atoms with Crippen LogP contribution in [0.5, 0.6) is 0 Å². The zero-order valence-corrected chi connectivity index (χ0v) is 69.9. The van der Waals surface area contributed by atoms with Crippen molar-refractivity contribution in [3.05, 3.63) is 0 Å². The van der Waals surface area contributed by atoms with E-state index in [9.17, 15) is 39.0 Å². The number of hydrogen-bond donors (Lipinski definition) is 4. The molecule has 2 atom stereocenters. The molecule has 0 saturated carbocycles. The topological polar surface area (TPSA) is 327 Å². The summed E-state index contributed by atoms with van der Waals surface area (Å²) >= 11 is 0. The zero-order valence-electron chi connectivity index (χ0n) is 69.9. The molecule has 0 bridgehead atoms. The van der Waals surface area contributed by atoms with Crippen LogP contribution in [0.1, 0.15) is 125 Å². The minimum absolute atomic E-state index is 0.00285. The highest BCUT2D eigenvalue weighted by molar-refractivity contribution is 5.74. The van der Waals surface area contributed by atoms with Gasteiger partial charge in [-0.3, -0.25) is 77.8 Å². The number of carbonyl (C=O) groups is 6. The van der Waals surface area contributed by atoms with Gasteiger partial charge in [-0.1, -0.05) is 0 Å². The minimum Gasteiger partial charge on any atom is -0.459 e. The standard InChI is InChI=1S/C76H148N10O22/c1-71(2,3)103-65(91)57-79-23-19-77(20-24-80(58-66(92)104-72(4,5)6)28-32-83(31-27-79)61-69(95)107-75(13,14)15)53-63(89)55-85(37-41-97-45-49-101-51-47-99-43-39-87)35-36-86(38-42-98-46-50-102-52-48-100-44-40-88)56-64(90)54-78-21-25-81(59-67(93)105-73(7,8)9)29-33-84(62-70(96)108-76(16,17)18)34-30-82(26-22-78)60-68(94)106-74(10,11)12/h63-64,87-90H,19-62H2,1-18H3. The largest absolute Gasteiger partial charge is 0.459 e. The first-order valence-electron chi connectivity index (χ1n) is 39.0. The van der Waals surface area contributed by atoms with Gasteiger partial charge in [-0.05, 0) is 125 Å². The number of hydrogen-bond acceptors (Lipinski definition) is 32. The highest BCUT2D eigenvalue weighted by Crippen LogP contribution is 2.16. The van der Waals surface area contributed by atoms with E-state index in [2.05, 4.69) is 19.6 Å². The van der Waals surface area contributed by atoms with Crippen molar-refractivity contribution in [1.82, 2.24) is 49.0 Å². The molecular formula is C76H148N10O22. The van der Waals surface area contributed by atoms with E-state index in [1.165, 1.54) is 0 Å². The molecule has 0 amide bonds. The van der Waals surface area contributed by atoms with Crippen molar-refractivity contribution < 1.29 is 106 Å². The predicted octanol–water partition coefficient (Wildman–Crippen LogP) is 0.890. The average Bonchev–Trinajstić information content (AvgIpc) is 0.882. The number of β-amino-alcohol motifs (C(OH)–C–C–N with tert-alkyl or cyclic N) is 2. The molecule has 32 nitrogen and oxygen atoms in total. The van der Waals surface area contributed by atoms with E-state index in [1.807, 2.05) is 154 Å². The lowest BCUT2D eigenvalue weighted by molar-refractivity contribution is -0.158. The third kappa shape index (κ3) is 57.1. The van der Waals surface area contributed by atoms with E-state index >= 15 is 0 Å². The van der Waals surface area contributed by atoms with Gasteiger partial charge in [0.2, 0.25) is 0 Å². The Hall–Kier alpha value is -3.98. The molecule has 0 radical (unpaired) electrons. The Morgan fingerprint density at radius 3 is 0.611 bits per heavy atom. The van der Waals surface area contributed by atoms with E-state index in [4.69, 9.17) is 67.1 Å². The Morgan fingerprint density at radius 2 is 0.435 bits per heavy atom. The lowest BCUT2D eigenvalue weighted by atomic mass is 10.2. The highest BCUT2D eigenvalue weighted by Gasteiger charge is 2.31. The summed E-state index contributed by atoms with van der Waals surface area (Å²) in [7, 11) is 0. The number of nitrogens with zero attached hydrogens (tertiary/aromatic N) is 10. The fourth-order valence-corrected chi connectivity index (χ4v) is 11.6. The molecule has 634 valence electrons. The molecule has 0 aromatic heterocycles. The Bertz CT molecular complexity index is 2200. The van der Waals surface area contributed by atoms with Gasteiger partial charge in [0.15, 0.2) is 0 Å². The molecule has 32 heteroatoms.